The first-order valence-electron chi connectivity index (χ1n) is 3.80. The number of hydrogen-bond acceptors (Lipinski definition) is 2. The monoisotopic (exact) mass is 242 g/mol. The van der Waals surface area contributed by atoms with Crippen molar-refractivity contribution >= 4 is 6.98 Å². The fourth-order valence-corrected chi connectivity index (χ4v) is 0.830. The summed E-state index contributed by atoms with van der Waals surface area (Å²) in [7, 11) is 0. The minimum absolute atomic E-state index is 0. The van der Waals surface area contributed by atoms with Crippen LogP contribution in [0.3, 0.4) is 0 Å². The smallest absolute Gasteiger partial charge is 0.445 e. The second-order valence-electron chi connectivity index (χ2n) is 2.76. The molecule has 0 saturated heterocycles. The minimum atomic E-state index is -5.09. The molecular formula is C7H7BF3KN2O. The van der Waals surface area contributed by atoms with Crippen LogP contribution in [0.15, 0.2) is 35.3 Å². The van der Waals surface area contributed by atoms with E-state index in [2.05, 4.69) is 11.6 Å². The average Bonchev–Trinajstić information content (AvgIpc) is 2.07. The van der Waals surface area contributed by atoms with Crippen LogP contribution in [0.4, 0.5) is 12.9 Å². The van der Waals surface area contributed by atoms with E-state index < -0.39 is 24.7 Å². The third-order valence-electron chi connectivity index (χ3n) is 1.62. The van der Waals surface area contributed by atoms with E-state index in [9.17, 15) is 17.7 Å². The summed E-state index contributed by atoms with van der Waals surface area (Å²) in [5.74, 6) is 0. The van der Waals surface area contributed by atoms with E-state index in [0.29, 0.717) is 0 Å². The number of aromatic nitrogens is 2. The predicted molar refractivity (Wildman–Crippen MR) is 46.7 cm³/mol. The molecule has 0 aromatic carbocycles. The predicted octanol–water partition coefficient (Wildman–Crippen LogP) is -1.81. The summed E-state index contributed by atoms with van der Waals surface area (Å²) in [5.41, 5.74) is -1.63. The number of rotatable bonds is 3. The zero-order valence-corrected chi connectivity index (χ0v) is 11.3. The van der Waals surface area contributed by atoms with Crippen LogP contribution in [0.25, 0.3) is 0 Å². The van der Waals surface area contributed by atoms with Gasteiger partial charge in [0.15, 0.2) is 0 Å². The minimum Gasteiger partial charge on any atom is -0.445 e. The Morgan fingerprint density at radius 3 is 2.60 bits per heavy atom. The van der Waals surface area contributed by atoms with Crippen molar-refractivity contribution in [3.05, 3.63) is 41.0 Å². The molecule has 1 rings (SSSR count). The SMILES string of the molecule is C=C(Cn1cccnc1=O)[B-](F)(F)F.[K+]. The second-order valence-corrected chi connectivity index (χ2v) is 2.76. The molecule has 0 aliphatic carbocycles. The summed E-state index contributed by atoms with van der Waals surface area (Å²) in [6.45, 7) is -2.78. The van der Waals surface area contributed by atoms with Crippen LogP contribution in [-0.2, 0) is 6.54 Å². The summed E-state index contributed by atoms with van der Waals surface area (Å²) < 4.78 is 37.1. The van der Waals surface area contributed by atoms with Gasteiger partial charge in [-0.1, -0.05) is 0 Å². The molecular weight excluding hydrogens is 235 g/mol. The maximum atomic E-state index is 12.1. The van der Waals surface area contributed by atoms with E-state index in [0.717, 1.165) is 4.57 Å². The van der Waals surface area contributed by atoms with Crippen LogP contribution in [0, 0.1) is 0 Å². The second kappa shape index (κ2) is 6.00. The Bertz CT molecular complexity index is 404. The van der Waals surface area contributed by atoms with Crippen LogP contribution in [0.5, 0.6) is 0 Å². The van der Waals surface area contributed by atoms with Crippen molar-refractivity contribution in [2.24, 2.45) is 0 Å². The van der Waals surface area contributed by atoms with Crippen LogP contribution < -0.4 is 57.1 Å². The van der Waals surface area contributed by atoms with Gasteiger partial charge in [0.1, 0.15) is 0 Å². The molecule has 1 aromatic rings. The van der Waals surface area contributed by atoms with Crippen LogP contribution in [0.1, 0.15) is 0 Å². The standard InChI is InChI=1S/C7H7BF3N2O.K/c1-6(8(9,10)11)5-13-4-2-3-12-7(13)14;/h2-4H,1,5H2;/q-1;+1. The Labute approximate surface area is 127 Å². The quantitative estimate of drug-likeness (QED) is 0.585. The van der Waals surface area contributed by atoms with Gasteiger partial charge in [0, 0.05) is 18.9 Å². The molecule has 0 radical (unpaired) electrons. The summed E-state index contributed by atoms with van der Waals surface area (Å²) in [6, 6.07) is 1.39. The van der Waals surface area contributed by atoms with Crippen molar-refractivity contribution in [1.29, 1.82) is 0 Å². The maximum absolute atomic E-state index is 12.1. The zero-order chi connectivity index (χ0) is 10.8. The topological polar surface area (TPSA) is 34.9 Å². The maximum Gasteiger partial charge on any atom is 1.00 e. The Balaban J connectivity index is 0.00000196. The molecule has 0 bridgehead atoms. The van der Waals surface area contributed by atoms with Crippen molar-refractivity contribution in [2.45, 2.75) is 6.54 Å². The van der Waals surface area contributed by atoms with Gasteiger partial charge < -0.3 is 12.9 Å². The molecule has 0 atom stereocenters. The molecule has 3 nitrogen and oxygen atoms in total. The molecule has 0 spiro atoms. The first kappa shape index (κ1) is 15.1. The van der Waals surface area contributed by atoms with Crippen molar-refractivity contribution in [3.63, 3.8) is 0 Å². The summed E-state index contributed by atoms with van der Waals surface area (Å²) in [6.07, 6.45) is 2.46. The summed E-state index contributed by atoms with van der Waals surface area (Å²) >= 11 is 0. The molecule has 0 aliphatic rings. The van der Waals surface area contributed by atoms with Gasteiger partial charge in [-0.15, -0.1) is 12.1 Å². The number of hydrogen-bond donors (Lipinski definition) is 0. The van der Waals surface area contributed by atoms with E-state index in [1.165, 1.54) is 18.5 Å². The van der Waals surface area contributed by atoms with Crippen LogP contribution in [0.2, 0.25) is 0 Å². The third-order valence-corrected chi connectivity index (χ3v) is 1.62. The molecule has 1 aromatic heterocycles. The van der Waals surface area contributed by atoms with E-state index in [-0.39, 0.29) is 51.4 Å². The number of halogens is 3. The Morgan fingerprint density at radius 1 is 1.53 bits per heavy atom. The van der Waals surface area contributed by atoms with Gasteiger partial charge in [-0.25, -0.2) is 9.78 Å². The van der Waals surface area contributed by atoms with Crippen LogP contribution >= 0.6 is 0 Å². The third kappa shape index (κ3) is 4.64. The van der Waals surface area contributed by atoms with Gasteiger partial charge >= 0.3 is 64.1 Å². The normalized spacial score (nSPS) is 10.6. The number of nitrogens with zero attached hydrogens (tertiary/aromatic N) is 2. The molecule has 0 saturated carbocycles. The largest absolute Gasteiger partial charge is 1.00 e. The molecule has 0 N–H and O–H groups in total. The molecule has 8 heteroatoms. The average molecular weight is 242 g/mol. The van der Waals surface area contributed by atoms with Crippen molar-refractivity contribution < 1.29 is 64.3 Å². The first-order valence-corrected chi connectivity index (χ1v) is 3.80. The van der Waals surface area contributed by atoms with Crippen LogP contribution in [-0.4, -0.2) is 16.5 Å². The van der Waals surface area contributed by atoms with Gasteiger partial charge in [-0.3, -0.25) is 4.57 Å². The zero-order valence-electron chi connectivity index (χ0n) is 8.16. The van der Waals surface area contributed by atoms with Gasteiger partial charge in [0.05, 0.1) is 0 Å². The van der Waals surface area contributed by atoms with E-state index >= 15 is 0 Å². The molecule has 0 unspecified atom stereocenters. The van der Waals surface area contributed by atoms with Gasteiger partial charge in [0.25, 0.3) is 0 Å². The summed E-state index contributed by atoms with van der Waals surface area (Å²) in [4.78, 5) is 14.3. The van der Waals surface area contributed by atoms with Crippen molar-refractivity contribution in [2.75, 3.05) is 0 Å². The summed E-state index contributed by atoms with van der Waals surface area (Å²) in [5, 5.41) is 0. The molecule has 1 heterocycles. The van der Waals surface area contributed by atoms with Gasteiger partial charge in [0.2, 0.25) is 0 Å². The Morgan fingerprint density at radius 2 is 2.13 bits per heavy atom. The van der Waals surface area contributed by atoms with E-state index in [4.69, 9.17) is 0 Å². The fourth-order valence-electron chi connectivity index (χ4n) is 0.830. The number of allylic oxidation sites excluding steroid dienone is 1. The van der Waals surface area contributed by atoms with Crippen molar-refractivity contribution in [3.8, 4) is 0 Å². The fraction of sp³-hybridized carbons (Fsp3) is 0.143. The molecule has 0 aliphatic heterocycles. The first-order chi connectivity index (χ1) is 6.41. The molecule has 0 amide bonds. The molecule has 0 fully saturated rings. The molecule has 15 heavy (non-hydrogen) atoms. The van der Waals surface area contributed by atoms with E-state index in [1.54, 1.807) is 0 Å². The van der Waals surface area contributed by atoms with Crippen molar-refractivity contribution in [1.82, 2.24) is 9.55 Å². The molecule has 76 valence electrons. The van der Waals surface area contributed by atoms with E-state index in [1.807, 2.05) is 0 Å². The van der Waals surface area contributed by atoms with Gasteiger partial charge in [-0.05, 0) is 6.07 Å². The Kier molecular flexibility index (Phi) is 6.04. The van der Waals surface area contributed by atoms with Gasteiger partial charge in [-0.2, -0.15) is 0 Å². The Hall–Kier alpha value is 0.111.